The van der Waals surface area contributed by atoms with Crippen molar-refractivity contribution in [1.82, 2.24) is 0 Å². The fourth-order valence-corrected chi connectivity index (χ4v) is 0.408. The van der Waals surface area contributed by atoms with Crippen LogP contribution in [0.2, 0.25) is 0 Å². The Kier molecular flexibility index (Phi) is 35.1. The normalized spacial score (nSPS) is 11.0. The molecule has 10 heteroatoms. The summed E-state index contributed by atoms with van der Waals surface area (Å²) in [5, 5.41) is 0. The zero-order valence-corrected chi connectivity index (χ0v) is 14.0. The van der Waals surface area contributed by atoms with Gasteiger partial charge in [-0.15, -0.1) is 0 Å². The molecule has 0 rings (SSSR count). The maximum Gasteiger partial charge on any atom is 1.00 e. The third kappa shape index (κ3) is 37.5. The van der Waals surface area contributed by atoms with Gasteiger partial charge in [0, 0.05) is 0 Å². The van der Waals surface area contributed by atoms with Crippen LogP contribution in [0.1, 0.15) is 0 Å². The summed E-state index contributed by atoms with van der Waals surface area (Å²) >= 11 is 0. The van der Waals surface area contributed by atoms with Gasteiger partial charge in [-0.3, -0.25) is 9.13 Å². The molecule has 0 aromatic carbocycles. The fraction of sp³-hybridized carbons (Fsp3) is 0. The maximum absolute atomic E-state index is 9.38. The molecule has 72 valence electrons. The van der Waals surface area contributed by atoms with Gasteiger partial charge in [0.15, 0.2) is 16.5 Å². The van der Waals surface area contributed by atoms with E-state index in [1.54, 1.807) is 0 Å². The average molecular weight is 260 g/mol. The quantitative estimate of drug-likeness (QED) is 0.283. The van der Waals surface area contributed by atoms with Crippen LogP contribution in [-0.2, 0) is 18.2 Å². The van der Waals surface area contributed by atoms with Crippen LogP contribution in [-0.4, -0.2) is 0 Å². The van der Waals surface area contributed by atoms with Crippen LogP contribution in [0.25, 0.3) is 0 Å². The van der Waals surface area contributed by atoms with Crippen molar-refractivity contribution in [3.8, 4) is 0 Å². The first kappa shape index (κ1) is 24.6. The monoisotopic (exact) mass is 260 g/mol. The minimum atomic E-state index is -3.00. The second-order valence-corrected chi connectivity index (χ2v) is 2.54. The largest absolute Gasteiger partial charge is 1.00 e. The Morgan fingerprint density at radius 3 is 1.14 bits per heavy atom. The molecular formula is C4H8Na2O6P2. The first-order valence-corrected chi connectivity index (χ1v) is 4.96. The molecule has 0 saturated carbocycles. The van der Waals surface area contributed by atoms with E-state index >= 15 is 0 Å². The summed E-state index contributed by atoms with van der Waals surface area (Å²) in [4.78, 5) is 18.8. The molecule has 0 fully saturated rings. The molecule has 0 amide bonds. The van der Waals surface area contributed by atoms with E-state index in [4.69, 9.17) is 0 Å². The van der Waals surface area contributed by atoms with E-state index in [2.05, 4.69) is 22.2 Å². The summed E-state index contributed by atoms with van der Waals surface area (Å²) < 4.78 is 26.4. The van der Waals surface area contributed by atoms with Gasteiger partial charge in [-0.25, -0.2) is 0 Å². The molecule has 0 aromatic rings. The van der Waals surface area contributed by atoms with Crippen molar-refractivity contribution in [2.75, 3.05) is 0 Å². The van der Waals surface area contributed by atoms with E-state index < -0.39 is 16.5 Å². The molecule has 0 N–H and O–H groups in total. The Labute approximate surface area is 128 Å². The van der Waals surface area contributed by atoms with E-state index in [0.717, 1.165) is 12.5 Å². The van der Waals surface area contributed by atoms with E-state index in [1.807, 2.05) is 0 Å². The Balaban J connectivity index is -0.0000000625. The summed E-state index contributed by atoms with van der Waals surface area (Å²) in [5.41, 5.74) is 0. The molecular weight excluding hydrogens is 252 g/mol. The fourth-order valence-electron chi connectivity index (χ4n) is 0.136. The van der Waals surface area contributed by atoms with Crippen molar-refractivity contribution >= 4 is 16.5 Å². The first-order chi connectivity index (χ1) is 5.54. The molecule has 2 atom stereocenters. The van der Waals surface area contributed by atoms with Crippen molar-refractivity contribution < 1.29 is 87.1 Å². The van der Waals surface area contributed by atoms with Gasteiger partial charge < -0.3 is 18.8 Å². The zero-order valence-electron chi connectivity index (χ0n) is 8.02. The molecule has 0 aliphatic rings. The van der Waals surface area contributed by atoms with Crippen molar-refractivity contribution in [2.24, 2.45) is 0 Å². The van der Waals surface area contributed by atoms with Crippen molar-refractivity contribution in [2.45, 2.75) is 0 Å². The smallest absolute Gasteiger partial charge is 0.771 e. The third-order valence-electron chi connectivity index (χ3n) is 0.359. The van der Waals surface area contributed by atoms with Crippen LogP contribution >= 0.6 is 16.5 Å². The summed E-state index contributed by atoms with van der Waals surface area (Å²) in [6.45, 7) is 6.01. The number of hydrogen-bond donors (Lipinski definition) is 0. The van der Waals surface area contributed by atoms with Crippen LogP contribution in [0, 0.1) is 0 Å². The van der Waals surface area contributed by atoms with E-state index in [-0.39, 0.29) is 59.1 Å². The van der Waals surface area contributed by atoms with Gasteiger partial charge in [-0.2, -0.15) is 0 Å². The second kappa shape index (κ2) is 19.9. The van der Waals surface area contributed by atoms with Crippen LogP contribution in [0.5, 0.6) is 0 Å². The molecule has 0 aliphatic carbocycles. The predicted molar refractivity (Wildman–Crippen MR) is 40.6 cm³/mol. The topological polar surface area (TPSA) is 98.7 Å². The summed E-state index contributed by atoms with van der Waals surface area (Å²) in [5.74, 6) is 0. The van der Waals surface area contributed by atoms with Gasteiger partial charge in [0.25, 0.3) is 0 Å². The van der Waals surface area contributed by atoms with Crippen LogP contribution in [0.3, 0.4) is 0 Å². The van der Waals surface area contributed by atoms with E-state index in [9.17, 15) is 18.9 Å². The van der Waals surface area contributed by atoms with Gasteiger partial charge in [0.2, 0.25) is 0 Å². The third-order valence-corrected chi connectivity index (χ3v) is 1.08. The number of hydrogen-bond acceptors (Lipinski definition) is 6. The van der Waals surface area contributed by atoms with Gasteiger partial charge in [-0.1, -0.05) is 13.2 Å². The first-order valence-electron chi connectivity index (χ1n) is 2.51. The number of rotatable bonds is 4. The van der Waals surface area contributed by atoms with Crippen LogP contribution in [0.15, 0.2) is 25.7 Å². The Bertz CT molecular complexity index is 167. The van der Waals surface area contributed by atoms with Crippen LogP contribution in [0.4, 0.5) is 0 Å². The zero-order chi connectivity index (χ0) is 9.98. The Morgan fingerprint density at radius 1 is 0.929 bits per heavy atom. The SMILES string of the molecule is C=CO[PH](=O)[O-].C=CO[PH](=O)[O-].[Na+].[Na+]. The van der Waals surface area contributed by atoms with Crippen molar-refractivity contribution in [1.29, 1.82) is 0 Å². The standard InChI is InChI=1S/2C2H5O3P.2Na/c2*1-2-5-6(3)4;;/h2*2,6H,1H2,(H,3,4);;/q;;2*+1/p-2. The molecule has 0 aliphatic heterocycles. The van der Waals surface area contributed by atoms with Gasteiger partial charge in [0.05, 0.1) is 12.5 Å². The molecule has 0 spiro atoms. The van der Waals surface area contributed by atoms with Gasteiger partial charge in [0.1, 0.15) is 0 Å². The average Bonchev–Trinajstić information content (AvgIpc) is 1.87. The van der Waals surface area contributed by atoms with Gasteiger partial charge >= 0.3 is 59.1 Å². The summed E-state index contributed by atoms with van der Waals surface area (Å²) in [6.07, 6.45) is 1.74. The summed E-state index contributed by atoms with van der Waals surface area (Å²) in [6, 6.07) is 0. The molecule has 6 nitrogen and oxygen atoms in total. The summed E-state index contributed by atoms with van der Waals surface area (Å²) in [7, 11) is -6.01. The molecule has 0 aromatic heterocycles. The van der Waals surface area contributed by atoms with Crippen molar-refractivity contribution in [3.05, 3.63) is 25.7 Å². The van der Waals surface area contributed by atoms with E-state index in [1.165, 1.54) is 0 Å². The molecule has 0 saturated heterocycles. The van der Waals surface area contributed by atoms with Gasteiger partial charge in [-0.05, 0) is 0 Å². The van der Waals surface area contributed by atoms with E-state index in [0.29, 0.717) is 0 Å². The minimum Gasteiger partial charge on any atom is -0.771 e. The molecule has 2 unspecified atom stereocenters. The van der Waals surface area contributed by atoms with Crippen molar-refractivity contribution in [3.63, 3.8) is 0 Å². The molecule has 0 heterocycles. The Hall–Kier alpha value is 1.46. The molecule has 14 heavy (non-hydrogen) atoms. The predicted octanol–water partition coefficient (Wildman–Crippen LogP) is -6.20. The molecule has 0 radical (unpaired) electrons. The van der Waals surface area contributed by atoms with Crippen LogP contribution < -0.4 is 68.9 Å². The molecule has 0 bridgehead atoms. The second-order valence-electron chi connectivity index (χ2n) is 1.07. The maximum atomic E-state index is 9.38. The Morgan fingerprint density at radius 2 is 1.14 bits per heavy atom. The minimum absolute atomic E-state index is 0.